The summed E-state index contributed by atoms with van der Waals surface area (Å²) in [5.74, 6) is 0. The van der Waals surface area contributed by atoms with Crippen molar-refractivity contribution in [3.05, 3.63) is 27.2 Å². The van der Waals surface area contributed by atoms with Gasteiger partial charge in [-0.15, -0.1) is 0 Å². The summed E-state index contributed by atoms with van der Waals surface area (Å²) in [6.07, 6.45) is 2.60. The van der Waals surface area contributed by atoms with Crippen molar-refractivity contribution in [1.29, 1.82) is 0 Å². The first-order valence-corrected chi connectivity index (χ1v) is 5.55. The molecule has 1 unspecified atom stereocenters. The number of nitrogens with one attached hydrogen (secondary N) is 2. The van der Waals surface area contributed by atoms with Crippen LogP contribution in [0.2, 0.25) is 0 Å². The van der Waals surface area contributed by atoms with Gasteiger partial charge in [-0.1, -0.05) is 0 Å². The molecule has 7 heteroatoms. The minimum absolute atomic E-state index is 0.235. The van der Waals surface area contributed by atoms with Crippen LogP contribution < -0.4 is 16.6 Å². The molecule has 0 bridgehead atoms. The zero-order valence-corrected chi connectivity index (χ0v) is 9.43. The number of hydrogen-bond donors (Lipinski definition) is 2. The average molecular weight is 235 g/mol. The monoisotopic (exact) mass is 235 g/mol. The fourth-order valence-electron chi connectivity index (χ4n) is 2.31. The average Bonchev–Trinajstić information content (AvgIpc) is 2.94. The topological polar surface area (TPSA) is 84.7 Å². The Morgan fingerprint density at radius 1 is 1.47 bits per heavy atom. The molecule has 0 aliphatic carbocycles. The highest BCUT2D eigenvalue weighted by atomic mass is 16.2. The zero-order chi connectivity index (χ0) is 12.0. The van der Waals surface area contributed by atoms with Crippen LogP contribution in [-0.2, 0) is 7.05 Å². The molecule has 0 spiro atoms. The van der Waals surface area contributed by atoms with Crippen molar-refractivity contribution in [2.75, 3.05) is 13.1 Å². The SMILES string of the molecule is Cn1c(=O)[nH]c(=O)c2c1ncn2C1CCNC1. The molecule has 0 saturated carbocycles. The van der Waals surface area contributed by atoms with E-state index in [0.29, 0.717) is 11.2 Å². The van der Waals surface area contributed by atoms with E-state index in [-0.39, 0.29) is 11.6 Å². The lowest BCUT2D eigenvalue weighted by Gasteiger charge is -2.10. The number of aromatic nitrogens is 4. The van der Waals surface area contributed by atoms with Crippen LogP contribution in [0.25, 0.3) is 11.2 Å². The summed E-state index contributed by atoms with van der Waals surface area (Å²) in [5, 5.41) is 3.24. The number of imidazole rings is 1. The Balaban J connectivity index is 2.32. The first kappa shape index (κ1) is 10.3. The minimum atomic E-state index is -0.433. The third kappa shape index (κ3) is 1.42. The van der Waals surface area contributed by atoms with Crippen LogP contribution in [0.5, 0.6) is 0 Å². The molecule has 1 atom stereocenters. The Hall–Kier alpha value is -1.89. The summed E-state index contributed by atoms with van der Waals surface area (Å²) in [7, 11) is 1.60. The lowest BCUT2D eigenvalue weighted by atomic mass is 10.2. The quantitative estimate of drug-likeness (QED) is 0.661. The summed E-state index contributed by atoms with van der Waals surface area (Å²) in [4.78, 5) is 29.7. The van der Waals surface area contributed by atoms with Gasteiger partial charge in [-0.2, -0.15) is 0 Å². The molecule has 0 amide bonds. The van der Waals surface area contributed by atoms with Crippen LogP contribution in [0.1, 0.15) is 12.5 Å². The first-order chi connectivity index (χ1) is 8.18. The smallest absolute Gasteiger partial charge is 0.320 e. The van der Waals surface area contributed by atoms with Gasteiger partial charge in [0.2, 0.25) is 0 Å². The van der Waals surface area contributed by atoms with Crippen LogP contribution in [-0.4, -0.2) is 32.2 Å². The minimum Gasteiger partial charge on any atom is -0.320 e. The number of nitrogens with zero attached hydrogens (tertiary/aromatic N) is 3. The van der Waals surface area contributed by atoms with Gasteiger partial charge in [0, 0.05) is 19.6 Å². The number of aryl methyl sites for hydroxylation is 1. The molecule has 1 fully saturated rings. The summed E-state index contributed by atoms with van der Waals surface area (Å²) >= 11 is 0. The maximum Gasteiger partial charge on any atom is 0.329 e. The van der Waals surface area contributed by atoms with Crippen LogP contribution in [0.3, 0.4) is 0 Å². The molecule has 2 aromatic rings. The molecule has 7 nitrogen and oxygen atoms in total. The number of H-pyrrole nitrogens is 1. The highest BCUT2D eigenvalue weighted by Gasteiger charge is 2.21. The molecule has 17 heavy (non-hydrogen) atoms. The lowest BCUT2D eigenvalue weighted by molar-refractivity contribution is 0.559. The first-order valence-electron chi connectivity index (χ1n) is 5.55. The van der Waals surface area contributed by atoms with Crippen molar-refractivity contribution < 1.29 is 0 Å². The summed E-state index contributed by atoms with van der Waals surface area (Å²) in [5.41, 5.74) is 0.108. The van der Waals surface area contributed by atoms with E-state index in [9.17, 15) is 9.59 Å². The second kappa shape index (κ2) is 3.56. The van der Waals surface area contributed by atoms with Gasteiger partial charge in [0.25, 0.3) is 5.56 Å². The van der Waals surface area contributed by atoms with Gasteiger partial charge in [-0.3, -0.25) is 14.3 Å². The van der Waals surface area contributed by atoms with Crippen LogP contribution in [0.4, 0.5) is 0 Å². The molecule has 1 saturated heterocycles. The van der Waals surface area contributed by atoms with Crippen molar-refractivity contribution in [3.63, 3.8) is 0 Å². The Bertz CT molecular complexity index is 674. The Morgan fingerprint density at radius 3 is 3.00 bits per heavy atom. The van der Waals surface area contributed by atoms with Crippen LogP contribution in [0.15, 0.2) is 15.9 Å². The van der Waals surface area contributed by atoms with E-state index >= 15 is 0 Å². The summed E-state index contributed by atoms with van der Waals surface area (Å²) in [6.45, 7) is 1.77. The molecular weight excluding hydrogens is 222 g/mol. The molecule has 0 radical (unpaired) electrons. The molecular formula is C10H13N5O2. The Morgan fingerprint density at radius 2 is 2.29 bits per heavy atom. The van der Waals surface area contributed by atoms with E-state index < -0.39 is 5.69 Å². The van der Waals surface area contributed by atoms with Gasteiger partial charge >= 0.3 is 5.69 Å². The molecule has 1 aliphatic rings. The van der Waals surface area contributed by atoms with E-state index in [1.54, 1.807) is 13.4 Å². The third-order valence-corrected chi connectivity index (χ3v) is 3.26. The van der Waals surface area contributed by atoms with E-state index in [4.69, 9.17) is 0 Å². The molecule has 3 heterocycles. The van der Waals surface area contributed by atoms with E-state index in [1.165, 1.54) is 4.57 Å². The Labute approximate surface area is 96.1 Å². The van der Waals surface area contributed by atoms with Crippen molar-refractivity contribution >= 4 is 11.2 Å². The maximum atomic E-state index is 11.8. The fraction of sp³-hybridized carbons (Fsp3) is 0.500. The lowest BCUT2D eigenvalue weighted by Crippen LogP contribution is -2.29. The molecule has 2 N–H and O–H groups in total. The zero-order valence-electron chi connectivity index (χ0n) is 9.43. The standard InChI is InChI=1S/C10H13N5O2/c1-14-8-7(9(16)13-10(14)17)15(5-12-8)6-2-3-11-4-6/h5-6,11H,2-4H2,1H3,(H,13,16,17). The number of fused-ring (bicyclic) bond motifs is 1. The van der Waals surface area contributed by atoms with Crippen LogP contribution in [0, 0.1) is 0 Å². The largest absolute Gasteiger partial charge is 0.329 e. The highest BCUT2D eigenvalue weighted by Crippen LogP contribution is 2.18. The molecule has 90 valence electrons. The Kier molecular flexibility index (Phi) is 2.15. The molecule has 1 aliphatic heterocycles. The molecule has 2 aromatic heterocycles. The number of aromatic amines is 1. The number of rotatable bonds is 1. The van der Waals surface area contributed by atoms with Crippen molar-refractivity contribution in [2.45, 2.75) is 12.5 Å². The molecule has 3 rings (SSSR count). The normalized spacial score (nSPS) is 20.2. The van der Waals surface area contributed by atoms with Gasteiger partial charge < -0.3 is 9.88 Å². The van der Waals surface area contributed by atoms with Gasteiger partial charge in [0.1, 0.15) is 0 Å². The molecule has 0 aromatic carbocycles. The fourth-order valence-corrected chi connectivity index (χ4v) is 2.31. The maximum absolute atomic E-state index is 11.8. The van der Waals surface area contributed by atoms with Gasteiger partial charge in [0.05, 0.1) is 6.33 Å². The van der Waals surface area contributed by atoms with Gasteiger partial charge in [0.15, 0.2) is 11.2 Å². The predicted octanol–water partition coefficient (Wildman–Crippen LogP) is -1.04. The highest BCUT2D eigenvalue weighted by molar-refractivity contribution is 5.69. The van der Waals surface area contributed by atoms with E-state index in [0.717, 1.165) is 19.5 Å². The van der Waals surface area contributed by atoms with E-state index in [2.05, 4.69) is 15.3 Å². The van der Waals surface area contributed by atoms with Crippen molar-refractivity contribution in [3.8, 4) is 0 Å². The van der Waals surface area contributed by atoms with Gasteiger partial charge in [-0.05, 0) is 13.0 Å². The second-order valence-corrected chi connectivity index (χ2v) is 4.29. The number of hydrogen-bond acceptors (Lipinski definition) is 4. The predicted molar refractivity (Wildman–Crippen MR) is 62.1 cm³/mol. The third-order valence-electron chi connectivity index (χ3n) is 3.26. The van der Waals surface area contributed by atoms with Crippen LogP contribution >= 0.6 is 0 Å². The van der Waals surface area contributed by atoms with E-state index in [1.807, 2.05) is 4.57 Å². The summed E-state index contributed by atoms with van der Waals surface area (Å²) < 4.78 is 3.21. The second-order valence-electron chi connectivity index (χ2n) is 4.29. The van der Waals surface area contributed by atoms with Crippen molar-refractivity contribution in [2.24, 2.45) is 7.05 Å². The van der Waals surface area contributed by atoms with Gasteiger partial charge in [-0.25, -0.2) is 9.78 Å². The summed E-state index contributed by atoms with van der Waals surface area (Å²) in [6, 6.07) is 0.235. The van der Waals surface area contributed by atoms with Crippen molar-refractivity contribution in [1.82, 2.24) is 24.4 Å².